The topological polar surface area (TPSA) is 40.5 Å². The summed E-state index contributed by atoms with van der Waals surface area (Å²) in [6.07, 6.45) is 8.23. The first-order valence-corrected chi connectivity index (χ1v) is 12.6. The minimum absolute atomic E-state index is 0.227. The molecule has 2 saturated carbocycles. The summed E-state index contributed by atoms with van der Waals surface area (Å²) in [6.45, 7) is 6.35. The van der Waals surface area contributed by atoms with Gasteiger partial charge in [0, 0.05) is 37.5 Å². The van der Waals surface area contributed by atoms with E-state index in [0.717, 1.165) is 38.5 Å². The Morgan fingerprint density at radius 3 is 2.64 bits per heavy atom. The lowest BCUT2D eigenvalue weighted by molar-refractivity contribution is -0.114. The van der Waals surface area contributed by atoms with Crippen molar-refractivity contribution in [3.63, 3.8) is 0 Å². The zero-order valence-corrected chi connectivity index (χ0v) is 20.8. The smallest absolute Gasteiger partial charge is 0.156 e. The van der Waals surface area contributed by atoms with Crippen LogP contribution in [0.4, 0.5) is 5.69 Å². The van der Waals surface area contributed by atoms with Crippen LogP contribution in [-0.2, 0) is 4.79 Å². The van der Waals surface area contributed by atoms with Gasteiger partial charge in [-0.25, -0.2) is 0 Å². The summed E-state index contributed by atoms with van der Waals surface area (Å²) in [7, 11) is 4.18. The predicted molar refractivity (Wildman–Crippen MR) is 134 cm³/mol. The molecular weight excluding hydrogens is 406 g/mol. The van der Waals surface area contributed by atoms with Crippen molar-refractivity contribution in [1.29, 1.82) is 0 Å². The molecule has 1 aromatic rings. The third-order valence-electron chi connectivity index (χ3n) is 9.32. The molecule has 0 radical (unpaired) electrons. The van der Waals surface area contributed by atoms with Crippen molar-refractivity contribution in [3.05, 3.63) is 52.1 Å². The van der Waals surface area contributed by atoms with E-state index < -0.39 is 5.60 Å². The van der Waals surface area contributed by atoms with Gasteiger partial charge in [-0.05, 0) is 98.6 Å². The van der Waals surface area contributed by atoms with E-state index in [0.29, 0.717) is 18.3 Å². The molecule has 3 heteroatoms. The van der Waals surface area contributed by atoms with Crippen LogP contribution in [0.3, 0.4) is 0 Å². The maximum absolute atomic E-state index is 12.2. The average molecular weight is 444 g/mol. The van der Waals surface area contributed by atoms with Gasteiger partial charge in [0.1, 0.15) is 5.60 Å². The second-order valence-corrected chi connectivity index (χ2v) is 11.2. The van der Waals surface area contributed by atoms with Crippen LogP contribution < -0.4 is 4.90 Å². The van der Waals surface area contributed by atoms with Crippen LogP contribution in [0.25, 0.3) is 0 Å². The summed E-state index contributed by atoms with van der Waals surface area (Å²) in [5.74, 6) is 7.77. The Hall–Kier alpha value is -2.31. The molecule has 1 aromatic carbocycles. The lowest BCUT2D eigenvalue weighted by Gasteiger charge is -2.53. The summed E-state index contributed by atoms with van der Waals surface area (Å²) in [5.41, 5.74) is 7.06. The molecule has 4 aliphatic carbocycles. The molecule has 0 saturated heterocycles. The molecule has 1 N–H and O–H groups in total. The number of fused-ring (bicyclic) bond motifs is 4. The van der Waals surface area contributed by atoms with Crippen LogP contribution in [0.2, 0.25) is 0 Å². The van der Waals surface area contributed by atoms with E-state index >= 15 is 0 Å². The summed E-state index contributed by atoms with van der Waals surface area (Å²) in [5, 5.41) is 11.8. The first-order valence-electron chi connectivity index (χ1n) is 12.6. The number of aliphatic hydroxyl groups is 1. The number of hydrogen-bond acceptors (Lipinski definition) is 3. The van der Waals surface area contributed by atoms with Crippen LogP contribution in [-0.4, -0.2) is 30.6 Å². The van der Waals surface area contributed by atoms with E-state index in [2.05, 4.69) is 62.9 Å². The Labute approximate surface area is 199 Å². The molecule has 174 valence electrons. The van der Waals surface area contributed by atoms with Crippen molar-refractivity contribution < 1.29 is 9.90 Å². The van der Waals surface area contributed by atoms with Gasteiger partial charge in [0.05, 0.1) is 0 Å². The average Bonchev–Trinajstić information content (AvgIpc) is 3.03. The third kappa shape index (κ3) is 3.33. The van der Waals surface area contributed by atoms with Crippen LogP contribution in [0.1, 0.15) is 75.8 Å². The van der Waals surface area contributed by atoms with Crippen LogP contribution in [0.5, 0.6) is 0 Å². The fourth-order valence-electron chi connectivity index (χ4n) is 7.77. The van der Waals surface area contributed by atoms with Crippen LogP contribution >= 0.6 is 0 Å². The number of anilines is 1. The Balaban J connectivity index is 1.69. The highest BCUT2D eigenvalue weighted by atomic mass is 16.3. The fourth-order valence-corrected chi connectivity index (χ4v) is 7.77. The van der Waals surface area contributed by atoms with E-state index in [1.54, 1.807) is 5.57 Å². The first-order chi connectivity index (χ1) is 15.7. The molecule has 0 spiro atoms. The van der Waals surface area contributed by atoms with Crippen LogP contribution in [0, 0.1) is 36.0 Å². The van der Waals surface area contributed by atoms with Gasteiger partial charge < -0.3 is 10.0 Å². The molecule has 0 unspecified atom stereocenters. The third-order valence-corrected chi connectivity index (χ3v) is 9.32. The lowest BCUT2D eigenvalue weighted by atomic mass is 9.51. The quantitative estimate of drug-likeness (QED) is 0.595. The first kappa shape index (κ1) is 22.5. The number of aryl methyl sites for hydroxylation is 1. The minimum atomic E-state index is -0.919. The van der Waals surface area contributed by atoms with Gasteiger partial charge in [-0.15, -0.1) is 5.92 Å². The van der Waals surface area contributed by atoms with E-state index in [1.165, 1.54) is 28.0 Å². The zero-order chi connectivity index (χ0) is 23.5. The molecule has 0 bridgehead atoms. The molecule has 3 nitrogen and oxygen atoms in total. The highest BCUT2D eigenvalue weighted by molar-refractivity contribution is 5.93. The Kier molecular flexibility index (Phi) is 5.37. The molecule has 4 aliphatic rings. The van der Waals surface area contributed by atoms with E-state index in [9.17, 15) is 9.90 Å². The molecule has 0 amide bonds. The van der Waals surface area contributed by atoms with Crippen molar-refractivity contribution in [1.82, 2.24) is 0 Å². The number of hydrogen-bond donors (Lipinski definition) is 1. The maximum Gasteiger partial charge on any atom is 0.156 e. The molecule has 33 heavy (non-hydrogen) atoms. The number of allylic oxidation sites excluding steroid dienone is 4. The predicted octanol–water partition coefficient (Wildman–Crippen LogP) is 5.71. The number of ketones is 1. The molecule has 0 heterocycles. The zero-order valence-electron chi connectivity index (χ0n) is 20.8. The summed E-state index contributed by atoms with van der Waals surface area (Å²) >= 11 is 0. The van der Waals surface area contributed by atoms with Crippen LogP contribution in [0.15, 0.2) is 41.0 Å². The normalized spacial score (nSPS) is 35.2. The van der Waals surface area contributed by atoms with Gasteiger partial charge in [-0.2, -0.15) is 0 Å². The highest BCUT2D eigenvalue weighted by Gasteiger charge is 2.62. The maximum atomic E-state index is 12.2. The molecule has 0 aromatic heterocycles. The second kappa shape index (κ2) is 7.88. The number of carbonyl (C=O) groups excluding carboxylic acids is 1. The van der Waals surface area contributed by atoms with Crippen molar-refractivity contribution >= 4 is 11.5 Å². The number of carbonyl (C=O) groups is 1. The van der Waals surface area contributed by atoms with Crippen molar-refractivity contribution in [3.8, 4) is 11.8 Å². The summed E-state index contributed by atoms with van der Waals surface area (Å²) in [4.78, 5) is 14.4. The summed E-state index contributed by atoms with van der Waals surface area (Å²) < 4.78 is 0. The summed E-state index contributed by atoms with van der Waals surface area (Å²) in [6, 6.07) is 6.91. The lowest BCUT2D eigenvalue weighted by Crippen LogP contribution is -2.51. The molecule has 5 rings (SSSR count). The molecule has 0 aliphatic heterocycles. The highest BCUT2D eigenvalue weighted by Crippen LogP contribution is 2.66. The number of nitrogens with zero attached hydrogens (tertiary/aromatic N) is 1. The molecule has 2 fully saturated rings. The van der Waals surface area contributed by atoms with Crippen molar-refractivity contribution in [2.45, 2.75) is 77.2 Å². The van der Waals surface area contributed by atoms with Gasteiger partial charge in [-0.3, -0.25) is 4.79 Å². The Bertz CT molecular complexity index is 1130. The Morgan fingerprint density at radius 1 is 1.15 bits per heavy atom. The van der Waals surface area contributed by atoms with Gasteiger partial charge in [-0.1, -0.05) is 30.6 Å². The van der Waals surface area contributed by atoms with E-state index in [1.807, 2.05) is 13.0 Å². The number of benzene rings is 1. The van der Waals surface area contributed by atoms with Gasteiger partial charge in [0.15, 0.2) is 5.78 Å². The molecule has 5 atom stereocenters. The largest absolute Gasteiger partial charge is 0.377 e. The van der Waals surface area contributed by atoms with Gasteiger partial charge in [0.25, 0.3) is 0 Å². The molecular formula is C30H37NO2. The van der Waals surface area contributed by atoms with E-state index in [-0.39, 0.29) is 17.1 Å². The van der Waals surface area contributed by atoms with E-state index in [4.69, 9.17) is 0 Å². The monoisotopic (exact) mass is 443 g/mol. The Morgan fingerprint density at radius 2 is 1.94 bits per heavy atom. The fraction of sp³-hybridized carbons (Fsp3) is 0.567. The second-order valence-electron chi connectivity index (χ2n) is 11.2. The van der Waals surface area contributed by atoms with Crippen molar-refractivity contribution in [2.24, 2.45) is 17.3 Å². The SMILES string of the molecule is CC#C[C@]1(O)CC[C@H]2[C@@H]3CCC4=CC(=O)CCC4=C3[C@@H](c3ccc(N(C)C)c(C)c3)C[C@@]21C. The van der Waals surface area contributed by atoms with Crippen molar-refractivity contribution in [2.75, 3.05) is 19.0 Å². The van der Waals surface area contributed by atoms with Gasteiger partial charge >= 0.3 is 0 Å². The van der Waals surface area contributed by atoms with Gasteiger partial charge in [0.2, 0.25) is 0 Å². The minimum Gasteiger partial charge on any atom is -0.377 e. The number of rotatable bonds is 2. The standard InChI is InChI=1S/C30H37NO2/c1-6-14-30(33)15-13-26-24-10-7-21-17-22(32)9-11-23(21)28(24)25(18-29(26,30)3)20-8-12-27(31(4)5)19(2)16-20/h8,12,16-17,24-26,33H,7,9-11,13,15,18H2,1-5H3/t24-,25+,26-,29-,30-/m0/s1.